The second kappa shape index (κ2) is 6.67. The Morgan fingerprint density at radius 2 is 1.67 bits per heavy atom. The van der Waals surface area contributed by atoms with Gasteiger partial charge in [-0.05, 0) is 30.3 Å². The molecule has 0 spiro atoms. The average molecular weight is 349 g/mol. The van der Waals surface area contributed by atoms with Gasteiger partial charge in [0, 0.05) is 22.7 Å². The van der Waals surface area contributed by atoms with E-state index in [2.05, 4.69) is 28.1 Å². The molecule has 0 aliphatic heterocycles. The second-order valence-corrected chi connectivity index (χ2v) is 6.16. The van der Waals surface area contributed by atoms with Gasteiger partial charge >= 0.3 is 28.9 Å². The summed E-state index contributed by atoms with van der Waals surface area (Å²) in [5.41, 5.74) is 2.39. The Hall–Kier alpha value is -1.25. The van der Waals surface area contributed by atoms with Crippen molar-refractivity contribution in [3.63, 3.8) is 0 Å². The number of fused-ring (bicyclic) bond motifs is 1. The van der Waals surface area contributed by atoms with Gasteiger partial charge in [0.25, 0.3) is 4.83 Å². The maximum atomic E-state index is 8.83. The van der Waals surface area contributed by atoms with Crippen LogP contribution in [0.25, 0.3) is 16.1 Å². The van der Waals surface area contributed by atoms with E-state index in [1.54, 1.807) is 11.3 Å². The molecule has 0 unspecified atom stereocenters. The van der Waals surface area contributed by atoms with Crippen molar-refractivity contribution in [2.24, 2.45) is 0 Å². The molecule has 1 aromatic carbocycles. The Kier molecular flexibility index (Phi) is 5.13. The molecule has 0 aliphatic rings. The van der Waals surface area contributed by atoms with E-state index in [4.69, 9.17) is 30.2 Å². The molecule has 0 aliphatic carbocycles. The van der Waals surface area contributed by atoms with Crippen molar-refractivity contribution < 1.29 is 33.3 Å². The Labute approximate surface area is 131 Å². The predicted octanol–water partition coefficient (Wildman–Crippen LogP) is 0.947. The number of halogens is 2. The fraction of sp³-hybridized carbons (Fsp3) is 0. The summed E-state index contributed by atoms with van der Waals surface area (Å²) in [6, 6.07) is 14.1. The molecule has 0 saturated heterocycles. The minimum atomic E-state index is -4.19. The van der Waals surface area contributed by atoms with Gasteiger partial charge in [0.15, 0.2) is 6.20 Å². The van der Waals surface area contributed by atoms with E-state index in [0.717, 1.165) is 5.02 Å². The van der Waals surface area contributed by atoms with Gasteiger partial charge in [-0.25, -0.2) is 0 Å². The molecule has 0 atom stereocenters. The van der Waals surface area contributed by atoms with Crippen LogP contribution in [-0.4, -0.2) is 14.0 Å². The van der Waals surface area contributed by atoms with Gasteiger partial charge < -0.3 is 0 Å². The first kappa shape index (κ1) is 16.1. The van der Waals surface area contributed by atoms with Crippen molar-refractivity contribution >= 4 is 27.8 Å². The van der Waals surface area contributed by atoms with Crippen LogP contribution in [-0.2, 0) is 0 Å². The van der Waals surface area contributed by atoms with Crippen molar-refractivity contribution in [3.8, 4) is 11.3 Å². The summed E-state index contributed by atoms with van der Waals surface area (Å²) < 4.78 is 32.4. The fourth-order valence-corrected chi connectivity index (χ4v) is 2.76. The van der Waals surface area contributed by atoms with Crippen molar-refractivity contribution in [2.45, 2.75) is 0 Å². The quantitative estimate of drug-likeness (QED) is 0.571. The molecule has 8 heteroatoms. The predicted molar refractivity (Wildman–Crippen MR) is 74.6 cm³/mol. The molecule has 0 radical (unpaired) electrons. The van der Waals surface area contributed by atoms with Gasteiger partial charge in [-0.1, -0.05) is 22.9 Å². The van der Waals surface area contributed by atoms with Crippen LogP contribution in [0.1, 0.15) is 0 Å². The molecular weight excluding hydrogens is 337 g/mol. The molecule has 21 heavy (non-hydrogen) atoms. The molecule has 3 aromatic rings. The zero-order valence-corrected chi connectivity index (χ0v) is 12.9. The Bertz CT molecular complexity index is 719. The van der Waals surface area contributed by atoms with Crippen LogP contribution in [0.4, 0.5) is 0 Å². The molecular formula is C13H12Cl2NO4S+. The van der Waals surface area contributed by atoms with Crippen LogP contribution in [0, 0.1) is 10.2 Å². The summed E-state index contributed by atoms with van der Waals surface area (Å²) >= 11 is 7.63. The van der Waals surface area contributed by atoms with E-state index in [-0.39, 0.29) is 0 Å². The summed E-state index contributed by atoms with van der Waals surface area (Å²) in [4.78, 5) is 1.24. The molecule has 5 nitrogen and oxygen atoms in total. The number of benzene rings is 1. The van der Waals surface area contributed by atoms with Crippen LogP contribution < -0.4 is 9.06 Å². The Balaban J connectivity index is 0.000000282. The molecule has 3 N–H and O–H groups in total. The fourth-order valence-electron chi connectivity index (χ4n) is 1.72. The van der Waals surface area contributed by atoms with Gasteiger partial charge in [0.2, 0.25) is 5.69 Å². The number of thiazole rings is 1. The minimum absolute atomic E-state index is 0.772. The third kappa shape index (κ3) is 4.90. The van der Waals surface area contributed by atoms with Crippen molar-refractivity contribution in [3.05, 3.63) is 59.1 Å². The number of hydrogen-bond acceptors (Lipinski definition) is 5. The summed E-state index contributed by atoms with van der Waals surface area (Å²) in [6.45, 7) is 0. The van der Waals surface area contributed by atoms with Gasteiger partial charge in [-0.2, -0.15) is 4.40 Å². The second-order valence-electron chi connectivity index (χ2n) is 3.97. The summed E-state index contributed by atoms with van der Waals surface area (Å²) in [5, 5.41) is 2.94. The molecule has 3 rings (SSSR count). The van der Waals surface area contributed by atoms with E-state index in [0.29, 0.717) is 0 Å². The first-order chi connectivity index (χ1) is 9.84. The molecule has 0 saturated carbocycles. The van der Waals surface area contributed by atoms with Gasteiger partial charge in [0.1, 0.15) is 0 Å². The first-order valence-electron chi connectivity index (χ1n) is 5.64. The topological polar surface area (TPSA) is 87.9 Å². The normalized spacial score (nSPS) is 11.9. The van der Waals surface area contributed by atoms with E-state index >= 15 is 0 Å². The van der Waals surface area contributed by atoms with Crippen LogP contribution in [0.5, 0.6) is 0 Å². The van der Waals surface area contributed by atoms with E-state index < -0.39 is 10.2 Å². The summed E-state index contributed by atoms with van der Waals surface area (Å²) in [5.74, 6) is 0. The Morgan fingerprint density at radius 3 is 2.29 bits per heavy atom. The Morgan fingerprint density at radius 1 is 1.05 bits per heavy atom. The number of hydrogen-bond donors (Lipinski definition) is 3. The van der Waals surface area contributed by atoms with Gasteiger partial charge in [-0.15, -0.1) is 0 Å². The first-order valence-corrected chi connectivity index (χ1v) is 8.22. The van der Waals surface area contributed by atoms with Crippen LogP contribution >= 0.6 is 22.9 Å². The number of nitrogens with zero attached hydrogens (tertiary/aromatic N) is 1. The average Bonchev–Trinajstić information content (AvgIpc) is 2.82. The number of rotatable bonds is 1. The van der Waals surface area contributed by atoms with Gasteiger partial charge in [0.05, 0.1) is 5.38 Å². The monoisotopic (exact) mass is 348 g/mol. The molecule has 112 valence electrons. The van der Waals surface area contributed by atoms with Gasteiger partial charge in [-0.3, -0.25) is 0 Å². The number of aromatic nitrogens is 1. The van der Waals surface area contributed by atoms with Crippen molar-refractivity contribution in [2.75, 3.05) is 0 Å². The number of pyridine rings is 1. The van der Waals surface area contributed by atoms with E-state index in [9.17, 15) is 0 Å². The third-order valence-electron chi connectivity index (χ3n) is 2.51. The maximum absolute atomic E-state index is 8.83. The SMILES string of the molecule is Clc1ccc(-c2csc3cccc[n+]23)cc1.[O-][Cl+](O)(O)O. The van der Waals surface area contributed by atoms with Crippen LogP contribution in [0.2, 0.25) is 5.02 Å². The third-order valence-corrected chi connectivity index (χ3v) is 3.68. The van der Waals surface area contributed by atoms with Crippen LogP contribution in [0.3, 0.4) is 0 Å². The van der Waals surface area contributed by atoms with E-state index in [1.165, 1.54) is 16.1 Å². The summed E-state index contributed by atoms with van der Waals surface area (Å²) in [6.07, 6.45) is 2.08. The van der Waals surface area contributed by atoms with Crippen molar-refractivity contribution in [1.29, 1.82) is 0 Å². The zero-order valence-electron chi connectivity index (χ0n) is 10.6. The molecule has 2 aromatic heterocycles. The molecule has 2 heterocycles. The molecule has 0 fully saturated rings. The van der Waals surface area contributed by atoms with E-state index in [1.807, 2.05) is 30.3 Å². The molecule has 0 bridgehead atoms. The molecule has 0 amide bonds. The van der Waals surface area contributed by atoms with Crippen LogP contribution in [0.15, 0.2) is 54.0 Å². The van der Waals surface area contributed by atoms with Crippen molar-refractivity contribution in [1.82, 2.24) is 0 Å². The standard InChI is InChI=1S/C13H9ClNS.ClH3O4/c14-11-6-4-10(5-7-11)12-9-16-13-3-1-2-8-15(12)13;2-1(3,4)5/h1-9H;2-4H/q+1;. The summed E-state index contributed by atoms with van der Waals surface area (Å²) in [7, 11) is -4.19. The zero-order chi connectivity index (χ0) is 15.5.